The van der Waals surface area contributed by atoms with Crippen LogP contribution in [0.3, 0.4) is 0 Å². The highest BCUT2D eigenvalue weighted by atomic mass is 79.9. The molecule has 0 aromatic heterocycles. The summed E-state index contributed by atoms with van der Waals surface area (Å²) in [6.45, 7) is 3.64. The molecule has 0 bridgehead atoms. The number of thioether (sulfide) groups is 1. The van der Waals surface area contributed by atoms with Gasteiger partial charge in [0.25, 0.3) is 5.69 Å². The summed E-state index contributed by atoms with van der Waals surface area (Å²) in [6.07, 6.45) is 3.47. The number of benzene rings is 1. The molecule has 100 valence electrons. The molecular weight excluding hydrogens is 332 g/mol. The average molecular weight is 343 g/mol. The second kappa shape index (κ2) is 6.54. The van der Waals surface area contributed by atoms with Gasteiger partial charge >= 0.3 is 0 Å². The van der Waals surface area contributed by atoms with E-state index in [0.717, 1.165) is 11.1 Å². The van der Waals surface area contributed by atoms with Crippen molar-refractivity contribution < 1.29 is 4.92 Å². The maximum atomic E-state index is 11.1. The normalized spacial score (nSPS) is 11.0. The molecule has 0 aliphatic rings. The maximum absolute atomic E-state index is 11.1. The van der Waals surface area contributed by atoms with Crippen molar-refractivity contribution in [3.8, 4) is 6.19 Å². The molecule has 1 aromatic rings. The van der Waals surface area contributed by atoms with Gasteiger partial charge in [-0.2, -0.15) is 5.26 Å². The first kappa shape index (κ1) is 15.5. The number of amidine groups is 1. The summed E-state index contributed by atoms with van der Waals surface area (Å²) in [4.78, 5) is 14.7. The second-order valence-corrected chi connectivity index (χ2v) is 5.20. The third-order valence-electron chi connectivity index (χ3n) is 2.49. The summed E-state index contributed by atoms with van der Waals surface area (Å²) < 4.78 is 0.561. The van der Waals surface area contributed by atoms with Crippen molar-refractivity contribution in [2.75, 3.05) is 6.26 Å². The van der Waals surface area contributed by atoms with Crippen molar-refractivity contribution in [1.82, 2.24) is 5.32 Å². The SMILES string of the molecule is CSC(=Nc1c([N+](=O)[O-])cc(C)c(C)c1Br)NC#N. The number of nitro groups is 1. The quantitative estimate of drug-likeness (QED) is 0.222. The van der Waals surface area contributed by atoms with Crippen LogP contribution in [0.1, 0.15) is 11.1 Å². The Kier molecular flexibility index (Phi) is 5.32. The Labute approximate surface area is 123 Å². The van der Waals surface area contributed by atoms with Crippen LogP contribution in [0.4, 0.5) is 11.4 Å². The smallest absolute Gasteiger partial charge is 0.271 e. The molecule has 0 fully saturated rings. The zero-order chi connectivity index (χ0) is 14.6. The molecule has 0 unspecified atom stereocenters. The van der Waals surface area contributed by atoms with Gasteiger partial charge in [0.1, 0.15) is 0 Å². The zero-order valence-corrected chi connectivity index (χ0v) is 12.9. The third-order valence-corrected chi connectivity index (χ3v) is 4.04. The van der Waals surface area contributed by atoms with E-state index in [1.54, 1.807) is 19.4 Å². The zero-order valence-electron chi connectivity index (χ0n) is 10.5. The minimum atomic E-state index is -0.486. The summed E-state index contributed by atoms with van der Waals surface area (Å²) >= 11 is 4.53. The Balaban J connectivity index is 3.53. The van der Waals surface area contributed by atoms with Crippen molar-refractivity contribution >= 4 is 44.2 Å². The molecule has 0 atom stereocenters. The number of aliphatic imine (C=N–C) groups is 1. The highest BCUT2D eigenvalue weighted by molar-refractivity contribution is 9.10. The van der Waals surface area contributed by atoms with Crippen LogP contribution in [-0.4, -0.2) is 16.3 Å². The van der Waals surface area contributed by atoms with Crippen LogP contribution in [0.2, 0.25) is 0 Å². The molecule has 1 rings (SSSR count). The fourth-order valence-electron chi connectivity index (χ4n) is 1.36. The highest BCUT2D eigenvalue weighted by Gasteiger charge is 2.20. The Morgan fingerprint density at radius 3 is 2.74 bits per heavy atom. The summed E-state index contributed by atoms with van der Waals surface area (Å²) in [5.41, 5.74) is 1.79. The number of nitrogens with zero attached hydrogens (tertiary/aromatic N) is 3. The Hall–Kier alpha value is -1.59. The maximum Gasteiger partial charge on any atom is 0.296 e. The first-order valence-electron chi connectivity index (χ1n) is 5.14. The predicted octanol–water partition coefficient (Wildman–Crippen LogP) is 3.40. The van der Waals surface area contributed by atoms with Gasteiger partial charge in [-0.3, -0.25) is 15.4 Å². The van der Waals surface area contributed by atoms with E-state index in [2.05, 4.69) is 26.2 Å². The average Bonchev–Trinajstić information content (AvgIpc) is 2.37. The van der Waals surface area contributed by atoms with Crippen molar-refractivity contribution in [2.45, 2.75) is 13.8 Å². The van der Waals surface area contributed by atoms with Gasteiger partial charge in [0.2, 0.25) is 0 Å². The van der Waals surface area contributed by atoms with E-state index >= 15 is 0 Å². The lowest BCUT2D eigenvalue weighted by Gasteiger charge is -2.08. The Morgan fingerprint density at radius 2 is 2.26 bits per heavy atom. The van der Waals surface area contributed by atoms with Crippen LogP contribution in [0.15, 0.2) is 15.5 Å². The molecule has 19 heavy (non-hydrogen) atoms. The van der Waals surface area contributed by atoms with Crippen molar-refractivity contribution in [1.29, 1.82) is 5.26 Å². The fourth-order valence-corrected chi connectivity index (χ4v) is 2.30. The molecule has 8 heteroatoms. The number of nitriles is 1. The summed E-state index contributed by atoms with van der Waals surface area (Å²) in [6, 6.07) is 1.48. The molecule has 0 aliphatic carbocycles. The lowest BCUT2D eigenvalue weighted by molar-refractivity contribution is -0.384. The molecule has 0 spiro atoms. The van der Waals surface area contributed by atoms with Crippen molar-refractivity contribution in [3.05, 3.63) is 31.8 Å². The van der Waals surface area contributed by atoms with E-state index in [0.29, 0.717) is 9.64 Å². The van der Waals surface area contributed by atoms with Crippen molar-refractivity contribution in [3.63, 3.8) is 0 Å². The molecule has 0 amide bonds. The van der Waals surface area contributed by atoms with Gasteiger partial charge in [0.05, 0.1) is 9.40 Å². The molecule has 0 saturated carbocycles. The van der Waals surface area contributed by atoms with Crippen molar-refractivity contribution in [2.24, 2.45) is 4.99 Å². The van der Waals surface area contributed by atoms with Crippen LogP contribution >= 0.6 is 27.7 Å². The standard InChI is InChI=1S/C11H11BrN4O2S/c1-6-4-8(16(17)18)10(9(12)7(6)2)15-11(19-3)14-5-13/h4H,1-3H3,(H,14,15). The number of halogens is 1. The molecule has 0 aliphatic heterocycles. The summed E-state index contributed by atoms with van der Waals surface area (Å²) in [5.74, 6) is 0. The van der Waals surface area contributed by atoms with Crippen LogP contribution in [0.25, 0.3) is 0 Å². The van der Waals surface area contributed by atoms with Crippen LogP contribution in [-0.2, 0) is 0 Å². The van der Waals surface area contributed by atoms with Gasteiger partial charge in [0, 0.05) is 6.07 Å². The first-order chi connectivity index (χ1) is 8.92. The third kappa shape index (κ3) is 3.45. The predicted molar refractivity (Wildman–Crippen MR) is 79.6 cm³/mol. The number of nitro benzene ring substituents is 1. The molecule has 6 nitrogen and oxygen atoms in total. The molecule has 0 heterocycles. The second-order valence-electron chi connectivity index (χ2n) is 3.62. The van der Waals surface area contributed by atoms with Crippen LogP contribution < -0.4 is 5.32 Å². The van der Waals surface area contributed by atoms with Gasteiger partial charge in [-0.15, -0.1) is 0 Å². The van der Waals surface area contributed by atoms with Gasteiger partial charge in [0.15, 0.2) is 17.0 Å². The monoisotopic (exact) mass is 342 g/mol. The number of hydrogen-bond donors (Lipinski definition) is 1. The van der Waals surface area contributed by atoms with Gasteiger partial charge in [-0.25, -0.2) is 4.99 Å². The van der Waals surface area contributed by atoms with Gasteiger partial charge in [-0.05, 0) is 47.2 Å². The minimum Gasteiger partial charge on any atom is -0.271 e. The molecule has 1 N–H and O–H groups in total. The van der Waals surface area contributed by atoms with Crippen LogP contribution in [0.5, 0.6) is 0 Å². The Morgan fingerprint density at radius 1 is 1.63 bits per heavy atom. The molecule has 0 saturated heterocycles. The van der Waals surface area contributed by atoms with E-state index < -0.39 is 4.92 Å². The topological polar surface area (TPSA) is 91.3 Å². The van der Waals surface area contributed by atoms with E-state index in [-0.39, 0.29) is 11.4 Å². The number of nitrogens with one attached hydrogen (secondary N) is 1. The van der Waals surface area contributed by atoms with Gasteiger partial charge < -0.3 is 0 Å². The van der Waals surface area contributed by atoms with E-state index in [4.69, 9.17) is 5.26 Å². The fraction of sp³-hybridized carbons (Fsp3) is 0.273. The Bertz CT molecular complexity index is 595. The first-order valence-corrected chi connectivity index (χ1v) is 7.16. The summed E-state index contributed by atoms with van der Waals surface area (Å²) in [7, 11) is 0. The number of hydrogen-bond acceptors (Lipinski definition) is 5. The summed E-state index contributed by atoms with van der Waals surface area (Å²) in [5, 5.41) is 22.4. The van der Waals surface area contributed by atoms with E-state index in [1.165, 1.54) is 17.8 Å². The number of rotatable bonds is 2. The number of aryl methyl sites for hydroxylation is 1. The highest BCUT2D eigenvalue weighted by Crippen LogP contribution is 2.39. The lowest BCUT2D eigenvalue weighted by Crippen LogP contribution is -2.12. The molecule has 1 aromatic carbocycles. The lowest BCUT2D eigenvalue weighted by atomic mass is 10.1. The minimum absolute atomic E-state index is 0.0961. The molecular formula is C11H11BrN4O2S. The van der Waals surface area contributed by atoms with E-state index in [9.17, 15) is 10.1 Å². The van der Waals surface area contributed by atoms with Crippen LogP contribution in [0, 0.1) is 35.4 Å². The van der Waals surface area contributed by atoms with Gasteiger partial charge in [-0.1, -0.05) is 11.8 Å². The largest absolute Gasteiger partial charge is 0.296 e. The molecule has 0 radical (unpaired) electrons. The van der Waals surface area contributed by atoms with E-state index in [1.807, 2.05) is 6.92 Å².